The third kappa shape index (κ3) is 4.95. The van der Waals surface area contributed by atoms with Crippen molar-refractivity contribution < 1.29 is 4.79 Å². The first kappa shape index (κ1) is 15.1. The maximum atomic E-state index is 11.8. The van der Waals surface area contributed by atoms with Crippen molar-refractivity contribution in [1.82, 2.24) is 15.5 Å². The van der Waals surface area contributed by atoms with E-state index >= 15 is 0 Å². The first-order valence-electron chi connectivity index (χ1n) is 7.16. The van der Waals surface area contributed by atoms with E-state index in [1.807, 2.05) is 20.3 Å². The number of hydrogen-bond donors (Lipinski definition) is 2. The van der Waals surface area contributed by atoms with Crippen molar-refractivity contribution in [2.75, 3.05) is 25.5 Å². The van der Waals surface area contributed by atoms with Gasteiger partial charge in [-0.25, -0.2) is 0 Å². The molecular formula is C16H22N4O. The molecule has 1 amide bonds. The highest BCUT2D eigenvalue weighted by atomic mass is 16.1. The van der Waals surface area contributed by atoms with E-state index < -0.39 is 0 Å². The number of benzene rings is 1. The number of nitrogens with one attached hydrogen (secondary N) is 2. The van der Waals surface area contributed by atoms with Gasteiger partial charge in [0.15, 0.2) is 0 Å². The molecule has 5 heteroatoms. The Morgan fingerprint density at radius 2 is 1.95 bits per heavy atom. The molecule has 5 nitrogen and oxygen atoms in total. The summed E-state index contributed by atoms with van der Waals surface area (Å²) in [4.78, 5) is 13.8. The molecule has 0 fully saturated rings. The van der Waals surface area contributed by atoms with Gasteiger partial charge in [-0.3, -0.25) is 9.89 Å². The summed E-state index contributed by atoms with van der Waals surface area (Å²) in [5.41, 5.74) is 3.46. The minimum absolute atomic E-state index is 0.0928. The second-order valence-corrected chi connectivity index (χ2v) is 5.27. The number of aromatic nitrogens is 2. The van der Waals surface area contributed by atoms with Crippen LogP contribution in [0.4, 0.5) is 5.69 Å². The van der Waals surface area contributed by atoms with Gasteiger partial charge in [-0.1, -0.05) is 12.1 Å². The van der Waals surface area contributed by atoms with E-state index in [2.05, 4.69) is 44.7 Å². The van der Waals surface area contributed by atoms with E-state index in [9.17, 15) is 4.79 Å². The van der Waals surface area contributed by atoms with Gasteiger partial charge >= 0.3 is 0 Å². The van der Waals surface area contributed by atoms with Gasteiger partial charge in [0.05, 0.1) is 6.20 Å². The summed E-state index contributed by atoms with van der Waals surface area (Å²) in [6.07, 6.45) is 5.72. The van der Waals surface area contributed by atoms with Gasteiger partial charge in [-0.05, 0) is 36.1 Å². The lowest BCUT2D eigenvalue weighted by molar-refractivity contribution is -0.121. The normalized spacial score (nSPS) is 10.4. The van der Waals surface area contributed by atoms with Gasteiger partial charge in [-0.2, -0.15) is 5.10 Å². The SMILES string of the molecule is CN(C)c1ccc(CCC(=O)NCCc2cn[nH]c2)cc1. The van der Waals surface area contributed by atoms with E-state index in [4.69, 9.17) is 0 Å². The lowest BCUT2D eigenvalue weighted by Crippen LogP contribution is -2.25. The summed E-state index contributed by atoms with van der Waals surface area (Å²) < 4.78 is 0. The molecule has 0 aliphatic heterocycles. The number of carbonyl (C=O) groups excluding carboxylic acids is 1. The molecule has 1 aromatic carbocycles. The van der Waals surface area contributed by atoms with E-state index in [0.717, 1.165) is 18.4 Å². The van der Waals surface area contributed by atoms with Crippen molar-refractivity contribution in [2.24, 2.45) is 0 Å². The molecule has 0 atom stereocenters. The number of amides is 1. The molecule has 0 saturated carbocycles. The van der Waals surface area contributed by atoms with Crippen molar-refractivity contribution in [2.45, 2.75) is 19.3 Å². The van der Waals surface area contributed by atoms with Crippen LogP contribution in [0.15, 0.2) is 36.7 Å². The summed E-state index contributed by atoms with van der Waals surface area (Å²) in [6, 6.07) is 8.31. The van der Waals surface area contributed by atoms with Crippen molar-refractivity contribution in [1.29, 1.82) is 0 Å². The average Bonchev–Trinajstić information content (AvgIpc) is 2.99. The minimum atomic E-state index is 0.0928. The number of carbonyl (C=O) groups is 1. The molecule has 0 unspecified atom stereocenters. The van der Waals surface area contributed by atoms with Crippen LogP contribution in [0.5, 0.6) is 0 Å². The fourth-order valence-corrected chi connectivity index (χ4v) is 2.07. The predicted octanol–water partition coefficient (Wildman–Crippen LogP) is 1.77. The van der Waals surface area contributed by atoms with E-state index in [1.165, 1.54) is 11.3 Å². The number of H-pyrrole nitrogens is 1. The highest BCUT2D eigenvalue weighted by Crippen LogP contribution is 2.13. The summed E-state index contributed by atoms with van der Waals surface area (Å²) in [7, 11) is 4.03. The summed E-state index contributed by atoms with van der Waals surface area (Å²) in [6.45, 7) is 0.651. The van der Waals surface area contributed by atoms with Crippen LogP contribution >= 0.6 is 0 Å². The van der Waals surface area contributed by atoms with Crippen molar-refractivity contribution in [3.8, 4) is 0 Å². The van der Waals surface area contributed by atoms with Crippen LogP contribution in [-0.2, 0) is 17.6 Å². The smallest absolute Gasteiger partial charge is 0.220 e. The van der Waals surface area contributed by atoms with Crippen molar-refractivity contribution >= 4 is 11.6 Å². The molecular weight excluding hydrogens is 264 g/mol. The predicted molar refractivity (Wildman–Crippen MR) is 84.4 cm³/mol. The molecule has 0 aliphatic carbocycles. The van der Waals surface area contributed by atoms with Crippen molar-refractivity contribution in [3.05, 3.63) is 47.8 Å². The number of hydrogen-bond acceptors (Lipinski definition) is 3. The molecule has 0 aliphatic rings. The maximum absolute atomic E-state index is 11.8. The Labute approximate surface area is 125 Å². The van der Waals surface area contributed by atoms with Gasteiger partial charge in [0.1, 0.15) is 0 Å². The molecule has 2 aromatic rings. The Kier molecular flexibility index (Phi) is 5.37. The van der Waals surface area contributed by atoms with Crippen LogP contribution in [0.1, 0.15) is 17.5 Å². The van der Waals surface area contributed by atoms with Gasteiger partial charge in [0.2, 0.25) is 5.91 Å². The molecule has 1 aromatic heterocycles. The van der Waals surface area contributed by atoms with Gasteiger partial charge in [-0.15, -0.1) is 0 Å². The zero-order valence-electron chi connectivity index (χ0n) is 12.6. The van der Waals surface area contributed by atoms with E-state index in [1.54, 1.807) is 6.20 Å². The Morgan fingerprint density at radius 1 is 1.19 bits per heavy atom. The van der Waals surface area contributed by atoms with Crippen LogP contribution in [0.3, 0.4) is 0 Å². The highest BCUT2D eigenvalue weighted by Gasteiger charge is 2.03. The van der Waals surface area contributed by atoms with Crippen LogP contribution in [0, 0.1) is 0 Å². The molecule has 2 N–H and O–H groups in total. The summed E-state index contributed by atoms with van der Waals surface area (Å²) in [5, 5.41) is 9.57. The second kappa shape index (κ2) is 7.47. The fourth-order valence-electron chi connectivity index (χ4n) is 2.07. The van der Waals surface area contributed by atoms with Crippen LogP contribution in [-0.4, -0.2) is 36.7 Å². The zero-order chi connectivity index (χ0) is 15.1. The summed E-state index contributed by atoms with van der Waals surface area (Å²) >= 11 is 0. The third-order valence-electron chi connectivity index (χ3n) is 3.38. The van der Waals surface area contributed by atoms with E-state index in [-0.39, 0.29) is 5.91 Å². The molecule has 0 radical (unpaired) electrons. The maximum Gasteiger partial charge on any atom is 0.220 e. The van der Waals surface area contributed by atoms with Crippen molar-refractivity contribution in [3.63, 3.8) is 0 Å². The second-order valence-electron chi connectivity index (χ2n) is 5.27. The Hall–Kier alpha value is -2.30. The molecule has 1 heterocycles. The molecule has 0 spiro atoms. The Bertz CT molecular complexity index is 546. The fraction of sp³-hybridized carbons (Fsp3) is 0.375. The summed E-state index contributed by atoms with van der Waals surface area (Å²) in [5.74, 6) is 0.0928. The van der Waals surface area contributed by atoms with Gasteiger partial charge in [0, 0.05) is 38.9 Å². The Balaban J connectivity index is 1.68. The molecule has 21 heavy (non-hydrogen) atoms. The number of anilines is 1. The van der Waals surface area contributed by atoms with Crippen LogP contribution in [0.25, 0.3) is 0 Å². The number of aromatic amines is 1. The van der Waals surface area contributed by atoms with Gasteiger partial charge in [0.25, 0.3) is 0 Å². The highest BCUT2D eigenvalue weighted by molar-refractivity contribution is 5.76. The lowest BCUT2D eigenvalue weighted by atomic mass is 10.1. The topological polar surface area (TPSA) is 61.0 Å². The van der Waals surface area contributed by atoms with Gasteiger partial charge < -0.3 is 10.2 Å². The first-order chi connectivity index (χ1) is 10.1. The minimum Gasteiger partial charge on any atom is -0.378 e. The lowest BCUT2D eigenvalue weighted by Gasteiger charge is -2.12. The average molecular weight is 286 g/mol. The monoisotopic (exact) mass is 286 g/mol. The zero-order valence-corrected chi connectivity index (χ0v) is 12.6. The molecule has 0 saturated heterocycles. The first-order valence-corrected chi connectivity index (χ1v) is 7.16. The molecule has 0 bridgehead atoms. The third-order valence-corrected chi connectivity index (χ3v) is 3.38. The number of rotatable bonds is 7. The largest absolute Gasteiger partial charge is 0.378 e. The Morgan fingerprint density at radius 3 is 2.57 bits per heavy atom. The number of aryl methyl sites for hydroxylation is 1. The van der Waals surface area contributed by atoms with E-state index in [0.29, 0.717) is 13.0 Å². The molecule has 2 rings (SSSR count). The standard InChI is InChI=1S/C16H22N4O/c1-20(2)15-6-3-13(4-7-15)5-8-16(21)17-10-9-14-11-18-19-12-14/h3-4,6-7,11-12H,5,8-10H2,1-2H3,(H,17,21)(H,18,19). The van der Waals surface area contributed by atoms with Crippen LogP contribution in [0.2, 0.25) is 0 Å². The quantitative estimate of drug-likeness (QED) is 0.815. The number of nitrogens with zero attached hydrogens (tertiary/aromatic N) is 2. The van der Waals surface area contributed by atoms with Crippen LogP contribution < -0.4 is 10.2 Å². The molecule has 112 valence electrons.